The zero-order chi connectivity index (χ0) is 10.4. The van der Waals surface area contributed by atoms with Crippen LogP contribution < -0.4 is 151 Å². The molecule has 0 aliphatic rings. The van der Waals surface area contributed by atoms with Gasteiger partial charge in [0.25, 0.3) is 0 Å². The normalized spacial score (nSPS) is 8.75. The Bertz CT molecular complexity index is 260. The van der Waals surface area contributed by atoms with Crippen LogP contribution >= 0.6 is 0 Å². The van der Waals surface area contributed by atoms with E-state index in [1.165, 1.54) is 0 Å². The Morgan fingerprint density at radius 2 is 0.750 bits per heavy atom. The summed E-state index contributed by atoms with van der Waals surface area (Å²) >= 11 is 0. The largest absolute Gasteiger partial charge is 1.00 e. The van der Waals surface area contributed by atoms with Crippen LogP contribution in [0.5, 0.6) is 0 Å². The molecule has 0 aliphatic heterocycles. The molecule has 0 aromatic heterocycles. The summed E-state index contributed by atoms with van der Waals surface area (Å²) in [5.41, 5.74) is 0. The van der Waals surface area contributed by atoms with Crippen LogP contribution in [0.25, 0.3) is 0 Å². The molecule has 76 valence electrons. The van der Waals surface area contributed by atoms with Gasteiger partial charge in [0.1, 0.15) is 0 Å². The van der Waals surface area contributed by atoms with Gasteiger partial charge in [-0.25, -0.2) is 16.8 Å². The Labute approximate surface area is 201 Å². The second-order valence-electron chi connectivity index (χ2n) is 0.953. The average molecular weight is 332 g/mol. The fourth-order valence-corrected chi connectivity index (χ4v) is 0. The van der Waals surface area contributed by atoms with Gasteiger partial charge in [0, 0.05) is 0 Å². The Kier molecular flexibility index (Phi) is 44.6. The SMILES string of the molecule is O=S(=O)([O-])O[O-].O=S(=O)([O-])O[O-].[K+].[Na+].[Na+].[Na+]. The molecule has 0 aliphatic carbocycles. The summed E-state index contributed by atoms with van der Waals surface area (Å²) in [6, 6.07) is 0. The van der Waals surface area contributed by atoms with E-state index < -0.39 is 20.8 Å². The van der Waals surface area contributed by atoms with Crippen LogP contribution in [-0.2, 0) is 29.5 Å². The van der Waals surface area contributed by atoms with Gasteiger partial charge >= 0.3 is 140 Å². The minimum absolute atomic E-state index is 0. The van der Waals surface area contributed by atoms with Crippen molar-refractivity contribution in [2.45, 2.75) is 0 Å². The first-order chi connectivity index (χ1) is 5.12. The fraction of sp³-hybridized carbons (Fsp3) is 0. The van der Waals surface area contributed by atoms with Gasteiger partial charge in [-0.15, -0.1) is 0 Å². The molecule has 0 saturated carbocycles. The zero-order valence-corrected chi connectivity index (χ0v) is 19.7. The maximum atomic E-state index is 8.91. The van der Waals surface area contributed by atoms with Crippen LogP contribution in [-0.4, -0.2) is 25.9 Å². The molecular formula is KNa3O10S2. The third-order valence-electron chi connectivity index (χ3n) is 0.167. The minimum atomic E-state index is -4.97. The van der Waals surface area contributed by atoms with Crippen molar-refractivity contribution in [2.75, 3.05) is 0 Å². The molecule has 0 aromatic carbocycles. The van der Waals surface area contributed by atoms with Crippen LogP contribution in [0.1, 0.15) is 0 Å². The molecule has 0 amide bonds. The van der Waals surface area contributed by atoms with E-state index in [1.54, 1.807) is 0 Å². The Morgan fingerprint density at radius 1 is 0.688 bits per heavy atom. The minimum Gasteiger partial charge on any atom is -0.726 e. The molecule has 0 saturated heterocycles. The van der Waals surface area contributed by atoms with Crippen LogP contribution in [0.15, 0.2) is 0 Å². The monoisotopic (exact) mass is 332 g/mol. The third-order valence-corrected chi connectivity index (χ3v) is 0.500. The van der Waals surface area contributed by atoms with Crippen molar-refractivity contribution < 1.29 is 185 Å². The molecule has 16 heavy (non-hydrogen) atoms. The van der Waals surface area contributed by atoms with Crippen LogP contribution in [0.4, 0.5) is 0 Å². The predicted molar refractivity (Wildman–Crippen MR) is 21.6 cm³/mol. The van der Waals surface area contributed by atoms with Crippen molar-refractivity contribution in [3.05, 3.63) is 0 Å². The van der Waals surface area contributed by atoms with E-state index in [-0.39, 0.29) is 140 Å². The molecule has 10 nitrogen and oxygen atoms in total. The first kappa shape index (κ1) is 37.0. The van der Waals surface area contributed by atoms with Gasteiger partial charge in [-0.2, -0.15) is 0 Å². The van der Waals surface area contributed by atoms with E-state index in [9.17, 15) is 0 Å². The topological polar surface area (TPSA) is 179 Å². The second-order valence-corrected chi connectivity index (χ2v) is 2.86. The van der Waals surface area contributed by atoms with E-state index >= 15 is 0 Å². The molecule has 0 spiro atoms. The molecule has 0 heterocycles. The average Bonchev–Trinajstić information content (AvgIpc) is 1.86. The van der Waals surface area contributed by atoms with Crippen molar-refractivity contribution in [3.8, 4) is 0 Å². The number of rotatable bonds is 2. The molecule has 0 atom stereocenters. The molecule has 0 fully saturated rings. The summed E-state index contributed by atoms with van der Waals surface area (Å²) in [5.74, 6) is 0. The number of hydrogen-bond donors (Lipinski definition) is 0. The molecule has 0 rings (SSSR count). The van der Waals surface area contributed by atoms with Gasteiger partial charge < -0.3 is 28.3 Å². The quantitative estimate of drug-likeness (QED) is 0.155. The Balaban J connectivity index is -0.0000000250. The number of hydrogen-bond acceptors (Lipinski definition) is 10. The van der Waals surface area contributed by atoms with Gasteiger partial charge in [0.2, 0.25) is 20.8 Å². The van der Waals surface area contributed by atoms with Gasteiger partial charge in [-0.1, -0.05) is 0 Å². The molecule has 16 heteroatoms. The standard InChI is InChI=1S/K.3Na.2H2O5S/c;;;;2*1-5-6(2,3)4/h;;;;2*1H,(H,2,3,4)/q4*+1;;/p-4. The van der Waals surface area contributed by atoms with Crippen molar-refractivity contribution in [3.63, 3.8) is 0 Å². The van der Waals surface area contributed by atoms with Gasteiger partial charge in [-0.3, -0.25) is 0 Å². The van der Waals surface area contributed by atoms with Crippen molar-refractivity contribution in [2.24, 2.45) is 0 Å². The first-order valence-corrected chi connectivity index (χ1v) is 4.33. The van der Waals surface area contributed by atoms with Crippen molar-refractivity contribution >= 4 is 20.8 Å². The summed E-state index contributed by atoms with van der Waals surface area (Å²) in [6.07, 6.45) is 0. The summed E-state index contributed by atoms with van der Waals surface area (Å²) in [6.45, 7) is 0. The second kappa shape index (κ2) is 19.3. The molecule has 0 radical (unpaired) electrons. The van der Waals surface area contributed by atoms with Crippen LogP contribution in [0.2, 0.25) is 0 Å². The first-order valence-electron chi connectivity index (χ1n) is 1.67. The van der Waals surface area contributed by atoms with Crippen LogP contribution in [0.3, 0.4) is 0 Å². The zero-order valence-electron chi connectivity index (χ0n) is 8.90. The summed E-state index contributed by atoms with van der Waals surface area (Å²) in [4.78, 5) is 0. The van der Waals surface area contributed by atoms with Gasteiger partial charge in [0.05, 0.1) is 0 Å². The Morgan fingerprint density at radius 3 is 0.750 bits per heavy atom. The summed E-state index contributed by atoms with van der Waals surface area (Å²) in [7, 11) is -9.94. The summed E-state index contributed by atoms with van der Waals surface area (Å²) < 4.78 is 57.7. The van der Waals surface area contributed by atoms with E-state index in [0.29, 0.717) is 0 Å². The fourth-order valence-electron chi connectivity index (χ4n) is 0. The van der Waals surface area contributed by atoms with Gasteiger partial charge in [-0.05, 0) is 0 Å². The van der Waals surface area contributed by atoms with Crippen molar-refractivity contribution in [1.82, 2.24) is 0 Å². The Hall–Kier alpha value is 4.30. The van der Waals surface area contributed by atoms with E-state index in [2.05, 4.69) is 8.67 Å². The predicted octanol–water partition coefficient (Wildman–Crippen LogP) is -16.5. The maximum absolute atomic E-state index is 8.91. The van der Waals surface area contributed by atoms with Crippen molar-refractivity contribution in [1.29, 1.82) is 0 Å². The molecular weight excluding hydrogens is 332 g/mol. The molecule has 0 aromatic rings. The van der Waals surface area contributed by atoms with E-state index in [1.807, 2.05) is 0 Å². The van der Waals surface area contributed by atoms with E-state index in [4.69, 9.17) is 36.5 Å². The molecule has 0 N–H and O–H groups in total. The maximum Gasteiger partial charge on any atom is 1.00 e. The smallest absolute Gasteiger partial charge is 0.726 e. The summed E-state index contributed by atoms with van der Waals surface area (Å²) in [5, 5.41) is 17.1. The molecule has 0 bridgehead atoms. The molecule has 0 unspecified atom stereocenters. The third kappa shape index (κ3) is 51.6. The van der Waals surface area contributed by atoms with Crippen LogP contribution in [0, 0.1) is 0 Å². The van der Waals surface area contributed by atoms with Gasteiger partial charge in [0.15, 0.2) is 0 Å². The van der Waals surface area contributed by atoms with E-state index in [0.717, 1.165) is 0 Å².